The predicted octanol–water partition coefficient (Wildman–Crippen LogP) is 5.65. The smallest absolute Gasteiger partial charge is 0.379 e. The van der Waals surface area contributed by atoms with Gasteiger partial charge in [-0.1, -0.05) is 12.1 Å². The molecule has 2 heterocycles. The molecule has 186 valence electrons. The van der Waals surface area contributed by atoms with Gasteiger partial charge in [0.05, 0.1) is 25.2 Å². The Kier molecular flexibility index (Phi) is 6.10. The molecule has 0 N–H and O–H groups in total. The number of furan rings is 1. The molecule has 0 unspecified atom stereocenters. The molecule has 0 spiro atoms. The van der Waals surface area contributed by atoms with Crippen molar-refractivity contribution < 1.29 is 37.4 Å². The van der Waals surface area contributed by atoms with E-state index in [0.29, 0.717) is 28.0 Å². The fraction of sp³-hybridized carbons (Fsp3) is 0.107. The van der Waals surface area contributed by atoms with Crippen molar-refractivity contribution in [3.8, 4) is 23.0 Å². The van der Waals surface area contributed by atoms with Crippen molar-refractivity contribution >= 4 is 33.9 Å². The Morgan fingerprint density at radius 3 is 2.32 bits per heavy atom. The van der Waals surface area contributed by atoms with Gasteiger partial charge in [-0.2, -0.15) is 0 Å². The van der Waals surface area contributed by atoms with Crippen molar-refractivity contribution in [2.75, 3.05) is 14.2 Å². The van der Waals surface area contributed by atoms with Crippen molar-refractivity contribution in [1.29, 1.82) is 0 Å². The van der Waals surface area contributed by atoms with E-state index in [4.69, 9.17) is 23.0 Å². The molecular weight excluding hydrogens is 480 g/mol. The molecule has 5 rings (SSSR count). The summed E-state index contributed by atoms with van der Waals surface area (Å²) >= 11 is 0. The van der Waals surface area contributed by atoms with Crippen molar-refractivity contribution in [1.82, 2.24) is 0 Å². The maximum atomic E-state index is 13.1. The van der Waals surface area contributed by atoms with E-state index in [1.807, 2.05) is 0 Å². The van der Waals surface area contributed by atoms with Gasteiger partial charge < -0.3 is 27.8 Å². The summed E-state index contributed by atoms with van der Waals surface area (Å²) in [5.74, 6) is 0.0318. The minimum Gasteiger partial charge on any atom is -0.493 e. The van der Waals surface area contributed by atoms with E-state index in [9.17, 15) is 14.4 Å². The van der Waals surface area contributed by atoms with Gasteiger partial charge in [0.15, 0.2) is 11.3 Å². The fourth-order valence-electron chi connectivity index (χ4n) is 3.80. The SMILES string of the molecule is COC(=O)c1ccc(Oc2c(C)oc3cc(OC(=O)c4cc5cccc(OC)c5o4)ccc3c2=O)cc1. The largest absolute Gasteiger partial charge is 0.493 e. The third kappa shape index (κ3) is 4.50. The van der Waals surface area contributed by atoms with Gasteiger partial charge in [0.2, 0.25) is 16.9 Å². The van der Waals surface area contributed by atoms with Crippen LogP contribution in [0.2, 0.25) is 0 Å². The lowest BCUT2D eigenvalue weighted by Crippen LogP contribution is -2.09. The van der Waals surface area contributed by atoms with Crippen LogP contribution in [0.4, 0.5) is 0 Å². The summed E-state index contributed by atoms with van der Waals surface area (Å²) < 4.78 is 32.6. The molecule has 37 heavy (non-hydrogen) atoms. The predicted molar refractivity (Wildman–Crippen MR) is 133 cm³/mol. The monoisotopic (exact) mass is 500 g/mol. The van der Waals surface area contributed by atoms with Crippen LogP contribution in [-0.2, 0) is 4.74 Å². The molecule has 0 saturated carbocycles. The molecule has 3 aromatic carbocycles. The van der Waals surface area contributed by atoms with Gasteiger partial charge in [-0.25, -0.2) is 9.59 Å². The van der Waals surface area contributed by atoms with Gasteiger partial charge in [0.25, 0.3) is 0 Å². The first-order valence-corrected chi connectivity index (χ1v) is 11.1. The minimum atomic E-state index is -0.716. The van der Waals surface area contributed by atoms with Gasteiger partial charge in [-0.3, -0.25) is 4.79 Å². The Morgan fingerprint density at radius 1 is 0.838 bits per heavy atom. The second-order valence-electron chi connectivity index (χ2n) is 7.97. The summed E-state index contributed by atoms with van der Waals surface area (Å²) in [5.41, 5.74) is 0.594. The van der Waals surface area contributed by atoms with Gasteiger partial charge in [-0.15, -0.1) is 0 Å². The van der Waals surface area contributed by atoms with Crippen LogP contribution in [0.5, 0.6) is 23.0 Å². The Labute approximate surface area is 209 Å². The number of hydrogen-bond donors (Lipinski definition) is 0. The van der Waals surface area contributed by atoms with Gasteiger partial charge in [0.1, 0.15) is 22.8 Å². The van der Waals surface area contributed by atoms with Gasteiger partial charge in [0, 0.05) is 11.5 Å². The average Bonchev–Trinajstić information content (AvgIpc) is 3.36. The molecule has 0 aliphatic carbocycles. The van der Waals surface area contributed by atoms with E-state index in [1.54, 1.807) is 43.3 Å². The van der Waals surface area contributed by atoms with Crippen LogP contribution in [0.1, 0.15) is 26.7 Å². The molecule has 9 heteroatoms. The number of para-hydroxylation sites is 1. The van der Waals surface area contributed by atoms with Crippen LogP contribution >= 0.6 is 0 Å². The topological polar surface area (TPSA) is 114 Å². The van der Waals surface area contributed by atoms with Crippen LogP contribution in [0.3, 0.4) is 0 Å². The van der Waals surface area contributed by atoms with E-state index < -0.39 is 17.4 Å². The Morgan fingerprint density at radius 2 is 1.59 bits per heavy atom. The highest BCUT2D eigenvalue weighted by Crippen LogP contribution is 2.30. The lowest BCUT2D eigenvalue weighted by atomic mass is 10.2. The molecule has 0 bridgehead atoms. The highest BCUT2D eigenvalue weighted by Gasteiger charge is 2.19. The van der Waals surface area contributed by atoms with Crippen LogP contribution in [-0.4, -0.2) is 26.2 Å². The van der Waals surface area contributed by atoms with Crippen molar-refractivity contribution in [2.45, 2.75) is 6.92 Å². The number of rotatable bonds is 6. The quantitative estimate of drug-likeness (QED) is 0.215. The summed E-state index contributed by atoms with van der Waals surface area (Å²) in [6, 6.07) is 17.4. The molecule has 0 aliphatic heterocycles. The van der Waals surface area contributed by atoms with Gasteiger partial charge >= 0.3 is 11.9 Å². The summed E-state index contributed by atoms with van der Waals surface area (Å²) in [4.78, 5) is 37.4. The normalized spacial score (nSPS) is 10.9. The Balaban J connectivity index is 1.40. The Bertz CT molecular complexity index is 1710. The van der Waals surface area contributed by atoms with Crippen LogP contribution in [0.25, 0.3) is 21.9 Å². The first-order valence-electron chi connectivity index (χ1n) is 11.1. The number of hydrogen-bond acceptors (Lipinski definition) is 9. The zero-order valence-corrected chi connectivity index (χ0v) is 20.0. The second-order valence-corrected chi connectivity index (χ2v) is 7.97. The molecule has 5 aromatic rings. The molecule has 0 radical (unpaired) electrons. The van der Waals surface area contributed by atoms with Crippen LogP contribution in [0.15, 0.2) is 80.4 Å². The average molecular weight is 500 g/mol. The molecule has 0 atom stereocenters. The number of methoxy groups -OCH3 is 2. The first-order chi connectivity index (χ1) is 17.9. The number of aryl methyl sites for hydroxylation is 1. The fourth-order valence-corrected chi connectivity index (χ4v) is 3.80. The molecule has 0 amide bonds. The summed E-state index contributed by atoms with van der Waals surface area (Å²) in [6.45, 7) is 1.58. The number of benzene rings is 3. The molecular formula is C28H20O9. The van der Waals surface area contributed by atoms with Crippen molar-refractivity contribution in [3.63, 3.8) is 0 Å². The number of fused-ring (bicyclic) bond motifs is 2. The van der Waals surface area contributed by atoms with E-state index in [1.165, 1.54) is 44.6 Å². The third-order valence-electron chi connectivity index (χ3n) is 5.62. The number of carbonyl (C=O) groups excluding carboxylic acids is 2. The maximum Gasteiger partial charge on any atom is 0.379 e. The van der Waals surface area contributed by atoms with E-state index >= 15 is 0 Å². The summed E-state index contributed by atoms with van der Waals surface area (Å²) in [5, 5.41) is 0.930. The highest BCUT2D eigenvalue weighted by atomic mass is 16.6. The van der Waals surface area contributed by atoms with E-state index in [-0.39, 0.29) is 34.0 Å². The van der Waals surface area contributed by atoms with E-state index in [0.717, 1.165) is 0 Å². The molecule has 0 fully saturated rings. The molecule has 0 saturated heterocycles. The minimum absolute atomic E-state index is 0.000661. The first kappa shape index (κ1) is 23.7. The van der Waals surface area contributed by atoms with Crippen molar-refractivity contribution in [3.05, 3.63) is 94.0 Å². The highest BCUT2D eigenvalue weighted by molar-refractivity contribution is 5.95. The van der Waals surface area contributed by atoms with Crippen LogP contribution < -0.4 is 19.6 Å². The summed E-state index contributed by atoms with van der Waals surface area (Å²) in [6.07, 6.45) is 0. The molecule has 9 nitrogen and oxygen atoms in total. The number of carbonyl (C=O) groups is 2. The zero-order valence-electron chi connectivity index (χ0n) is 20.0. The van der Waals surface area contributed by atoms with Gasteiger partial charge in [-0.05, 0) is 55.5 Å². The third-order valence-corrected chi connectivity index (χ3v) is 5.62. The van der Waals surface area contributed by atoms with E-state index in [2.05, 4.69) is 4.74 Å². The zero-order chi connectivity index (χ0) is 26.1. The molecule has 0 aliphatic rings. The maximum absolute atomic E-state index is 13.1. The number of esters is 2. The number of ether oxygens (including phenoxy) is 4. The lowest BCUT2D eigenvalue weighted by molar-refractivity contribution is 0.0600. The Hall–Kier alpha value is -5.05. The van der Waals surface area contributed by atoms with Crippen LogP contribution in [0, 0.1) is 6.92 Å². The standard InChI is InChI=1S/C28H20O9/c1-15-25(35-18-9-7-16(8-10-18)27(30)33-3)24(29)20-12-11-19(14-22(20)34-15)36-28(31)23-13-17-5-4-6-21(32-2)26(17)37-23/h4-14H,1-3H3. The second kappa shape index (κ2) is 9.54. The molecule has 2 aromatic heterocycles. The summed E-state index contributed by atoms with van der Waals surface area (Å²) in [7, 11) is 2.80. The van der Waals surface area contributed by atoms with Crippen molar-refractivity contribution in [2.24, 2.45) is 0 Å². The lowest BCUT2D eigenvalue weighted by Gasteiger charge is -2.10.